The van der Waals surface area contributed by atoms with Gasteiger partial charge in [-0.2, -0.15) is 0 Å². The minimum atomic E-state index is -0.277. The van der Waals surface area contributed by atoms with Gasteiger partial charge in [-0.05, 0) is 25.2 Å². The maximum atomic E-state index is 12.6. The van der Waals surface area contributed by atoms with Crippen molar-refractivity contribution in [2.75, 3.05) is 26.8 Å². The van der Waals surface area contributed by atoms with Crippen molar-refractivity contribution >= 4 is 11.8 Å². The first-order chi connectivity index (χ1) is 9.10. The molecule has 0 aromatic heterocycles. The molecule has 0 aromatic rings. The molecule has 2 fully saturated rings. The van der Waals surface area contributed by atoms with Crippen molar-refractivity contribution in [1.29, 1.82) is 0 Å². The van der Waals surface area contributed by atoms with Crippen LogP contribution >= 0.6 is 0 Å². The van der Waals surface area contributed by atoms with Gasteiger partial charge in [0.1, 0.15) is 12.1 Å². The molecule has 0 aromatic carbocycles. The molecule has 3 atom stereocenters. The van der Waals surface area contributed by atoms with Gasteiger partial charge in [0.25, 0.3) is 0 Å². The summed E-state index contributed by atoms with van der Waals surface area (Å²) in [6.45, 7) is 5.99. The lowest BCUT2D eigenvalue weighted by molar-refractivity contribution is -0.160. The predicted molar refractivity (Wildman–Crippen MR) is 71.6 cm³/mol. The fraction of sp³-hybridized carbons (Fsp3) is 0.857. The van der Waals surface area contributed by atoms with Gasteiger partial charge < -0.3 is 14.5 Å². The second-order valence-corrected chi connectivity index (χ2v) is 5.66. The highest BCUT2D eigenvalue weighted by atomic mass is 16.5. The number of hydrogen-bond acceptors (Lipinski definition) is 3. The van der Waals surface area contributed by atoms with E-state index >= 15 is 0 Å². The normalized spacial score (nSPS) is 28.8. The van der Waals surface area contributed by atoms with Gasteiger partial charge in [-0.25, -0.2) is 0 Å². The lowest BCUT2D eigenvalue weighted by atomic mass is 10.0. The van der Waals surface area contributed by atoms with Gasteiger partial charge in [0.15, 0.2) is 0 Å². The number of methoxy groups -OCH3 is 1. The van der Waals surface area contributed by atoms with Crippen LogP contribution in [0, 0.1) is 5.92 Å². The molecule has 0 saturated carbocycles. The lowest BCUT2D eigenvalue weighted by Crippen LogP contribution is -2.63. The zero-order valence-corrected chi connectivity index (χ0v) is 12.1. The molecule has 0 bridgehead atoms. The van der Waals surface area contributed by atoms with Crippen LogP contribution in [0.25, 0.3) is 0 Å². The Kier molecular flexibility index (Phi) is 4.45. The minimum absolute atomic E-state index is 0.131. The summed E-state index contributed by atoms with van der Waals surface area (Å²) < 4.78 is 5.13. The number of amides is 2. The van der Waals surface area contributed by atoms with E-state index in [1.807, 2.05) is 6.92 Å². The molecule has 108 valence electrons. The summed E-state index contributed by atoms with van der Waals surface area (Å²) in [6.07, 6.45) is 2.45. The maximum Gasteiger partial charge on any atom is 0.246 e. The van der Waals surface area contributed by atoms with Crippen molar-refractivity contribution in [2.45, 2.75) is 45.2 Å². The van der Waals surface area contributed by atoms with E-state index in [1.54, 1.807) is 16.9 Å². The summed E-state index contributed by atoms with van der Waals surface area (Å²) in [5.41, 5.74) is 0. The van der Waals surface area contributed by atoms with Crippen LogP contribution in [0.4, 0.5) is 0 Å². The fourth-order valence-electron chi connectivity index (χ4n) is 3.24. The Labute approximate surface area is 114 Å². The zero-order valence-electron chi connectivity index (χ0n) is 12.1. The molecule has 2 aliphatic rings. The number of nitrogens with zero attached hydrogens (tertiary/aromatic N) is 2. The van der Waals surface area contributed by atoms with E-state index in [9.17, 15) is 9.59 Å². The van der Waals surface area contributed by atoms with Crippen molar-refractivity contribution in [3.8, 4) is 0 Å². The fourth-order valence-corrected chi connectivity index (χ4v) is 3.24. The quantitative estimate of drug-likeness (QED) is 0.744. The molecule has 5 heteroatoms. The van der Waals surface area contributed by atoms with Crippen LogP contribution in [-0.4, -0.2) is 60.5 Å². The minimum Gasteiger partial charge on any atom is -0.384 e. The number of carbonyl (C=O) groups excluding carboxylic acids is 2. The van der Waals surface area contributed by atoms with E-state index in [-0.39, 0.29) is 29.8 Å². The van der Waals surface area contributed by atoms with E-state index in [2.05, 4.69) is 6.92 Å². The Balaban J connectivity index is 2.14. The lowest BCUT2D eigenvalue weighted by Gasteiger charge is -2.43. The first kappa shape index (κ1) is 14.3. The molecule has 0 aliphatic carbocycles. The number of fused-ring (bicyclic) bond motifs is 1. The second kappa shape index (κ2) is 5.90. The van der Waals surface area contributed by atoms with Crippen molar-refractivity contribution in [2.24, 2.45) is 5.92 Å². The zero-order chi connectivity index (χ0) is 14.0. The summed E-state index contributed by atoms with van der Waals surface area (Å²) in [6, 6.07) is -0.480. The van der Waals surface area contributed by atoms with Gasteiger partial charge in [0, 0.05) is 20.2 Å². The molecule has 0 N–H and O–H groups in total. The Morgan fingerprint density at radius 1 is 1.37 bits per heavy atom. The predicted octanol–water partition coefficient (Wildman–Crippen LogP) is 0.881. The molecule has 2 amide bonds. The van der Waals surface area contributed by atoms with Crippen LogP contribution in [0.2, 0.25) is 0 Å². The van der Waals surface area contributed by atoms with E-state index in [0.29, 0.717) is 19.6 Å². The van der Waals surface area contributed by atoms with E-state index in [4.69, 9.17) is 4.74 Å². The molecule has 5 nitrogen and oxygen atoms in total. The number of rotatable bonds is 5. The third kappa shape index (κ3) is 2.61. The first-order valence-corrected chi connectivity index (χ1v) is 7.20. The van der Waals surface area contributed by atoms with Crippen LogP contribution in [0.1, 0.15) is 33.1 Å². The van der Waals surface area contributed by atoms with Crippen molar-refractivity contribution < 1.29 is 14.3 Å². The van der Waals surface area contributed by atoms with Crippen LogP contribution in [-0.2, 0) is 14.3 Å². The highest BCUT2D eigenvalue weighted by Gasteiger charge is 2.46. The summed E-state index contributed by atoms with van der Waals surface area (Å²) in [5.74, 6) is 0.518. The standard InChI is InChI=1S/C14H24N2O3/c1-4-11-13(17)15-7-5-6-12(15)14(18)16(11)8-10(2)9-19-3/h10-12H,4-9H2,1-3H3. The Morgan fingerprint density at radius 3 is 2.74 bits per heavy atom. The molecule has 2 saturated heterocycles. The molecule has 19 heavy (non-hydrogen) atoms. The summed E-state index contributed by atoms with van der Waals surface area (Å²) in [5, 5.41) is 0. The average Bonchev–Trinajstić information content (AvgIpc) is 2.86. The second-order valence-electron chi connectivity index (χ2n) is 5.66. The SMILES string of the molecule is CCC1C(=O)N2CCCC2C(=O)N1CC(C)COC. The van der Waals surface area contributed by atoms with Crippen LogP contribution < -0.4 is 0 Å². The Morgan fingerprint density at radius 2 is 2.11 bits per heavy atom. The highest BCUT2D eigenvalue weighted by molar-refractivity contribution is 5.97. The summed E-state index contributed by atoms with van der Waals surface area (Å²) >= 11 is 0. The largest absolute Gasteiger partial charge is 0.384 e. The van der Waals surface area contributed by atoms with E-state index in [0.717, 1.165) is 19.4 Å². The van der Waals surface area contributed by atoms with Crippen LogP contribution in [0.15, 0.2) is 0 Å². The molecular formula is C14H24N2O3. The number of piperazine rings is 1. The molecular weight excluding hydrogens is 244 g/mol. The molecule has 3 unspecified atom stereocenters. The topological polar surface area (TPSA) is 49.9 Å². The Hall–Kier alpha value is -1.10. The van der Waals surface area contributed by atoms with Gasteiger partial charge >= 0.3 is 0 Å². The van der Waals surface area contributed by atoms with Crippen LogP contribution in [0.3, 0.4) is 0 Å². The van der Waals surface area contributed by atoms with Crippen molar-refractivity contribution in [3.05, 3.63) is 0 Å². The maximum absolute atomic E-state index is 12.6. The van der Waals surface area contributed by atoms with Crippen molar-refractivity contribution in [1.82, 2.24) is 9.80 Å². The molecule has 2 heterocycles. The number of carbonyl (C=O) groups is 2. The first-order valence-electron chi connectivity index (χ1n) is 7.20. The third-order valence-corrected chi connectivity index (χ3v) is 4.11. The van der Waals surface area contributed by atoms with Gasteiger partial charge in [-0.1, -0.05) is 13.8 Å². The average molecular weight is 268 g/mol. The molecule has 0 spiro atoms. The highest BCUT2D eigenvalue weighted by Crippen LogP contribution is 2.28. The Bertz CT molecular complexity index is 359. The van der Waals surface area contributed by atoms with E-state index < -0.39 is 0 Å². The molecule has 2 rings (SSSR count). The van der Waals surface area contributed by atoms with Gasteiger partial charge in [-0.3, -0.25) is 9.59 Å². The molecule has 0 radical (unpaired) electrons. The van der Waals surface area contributed by atoms with Crippen LogP contribution in [0.5, 0.6) is 0 Å². The number of ether oxygens (including phenoxy) is 1. The van der Waals surface area contributed by atoms with E-state index in [1.165, 1.54) is 0 Å². The van der Waals surface area contributed by atoms with Gasteiger partial charge in [0.2, 0.25) is 11.8 Å². The summed E-state index contributed by atoms with van der Waals surface area (Å²) in [7, 11) is 1.66. The van der Waals surface area contributed by atoms with Crippen molar-refractivity contribution in [3.63, 3.8) is 0 Å². The number of hydrogen-bond donors (Lipinski definition) is 0. The monoisotopic (exact) mass is 268 g/mol. The smallest absolute Gasteiger partial charge is 0.246 e. The van der Waals surface area contributed by atoms with Gasteiger partial charge in [0.05, 0.1) is 6.61 Å². The summed E-state index contributed by atoms with van der Waals surface area (Å²) in [4.78, 5) is 28.6. The van der Waals surface area contributed by atoms with Gasteiger partial charge in [-0.15, -0.1) is 0 Å². The molecule has 2 aliphatic heterocycles. The third-order valence-electron chi connectivity index (χ3n) is 4.11.